The average Bonchev–Trinajstić information content (AvgIpc) is 2.77. The molecule has 3 aromatic rings. The van der Waals surface area contributed by atoms with Crippen molar-refractivity contribution >= 4 is 27.4 Å². The van der Waals surface area contributed by atoms with Crippen LogP contribution in [0.15, 0.2) is 77.7 Å². The van der Waals surface area contributed by atoms with Gasteiger partial charge in [0.25, 0.3) is 5.91 Å². The highest BCUT2D eigenvalue weighted by molar-refractivity contribution is 7.90. The van der Waals surface area contributed by atoms with Crippen LogP contribution in [0.25, 0.3) is 0 Å². The summed E-state index contributed by atoms with van der Waals surface area (Å²) in [4.78, 5) is 24.2. The van der Waals surface area contributed by atoms with Crippen molar-refractivity contribution in [3.05, 3.63) is 95.1 Å². The molecule has 1 N–H and O–H groups in total. The van der Waals surface area contributed by atoms with Gasteiger partial charge in [0, 0.05) is 28.6 Å². The summed E-state index contributed by atoms with van der Waals surface area (Å²) in [6, 6.07) is 19.5. The fourth-order valence-corrected chi connectivity index (χ4v) is 3.35. The molecule has 31 heavy (non-hydrogen) atoms. The second kappa shape index (κ2) is 9.28. The number of carbonyl (C=O) groups excluding carboxylic acids is 2. The molecule has 0 radical (unpaired) electrons. The quantitative estimate of drug-likeness (QED) is 0.502. The molecule has 0 aromatic heterocycles. The molecular weight excluding hydrogens is 414 g/mol. The van der Waals surface area contributed by atoms with Crippen LogP contribution in [0.1, 0.15) is 31.8 Å². The number of rotatable bonds is 4. The normalized spacial score (nSPS) is 10.5. The molecule has 0 aliphatic rings. The van der Waals surface area contributed by atoms with E-state index in [1.807, 2.05) is 0 Å². The molecular formula is C24H19NO5S. The topological polar surface area (TPSA) is 89.5 Å². The first-order valence-corrected chi connectivity index (χ1v) is 11.1. The van der Waals surface area contributed by atoms with Gasteiger partial charge in [0.15, 0.2) is 9.84 Å². The predicted octanol–water partition coefficient (Wildman–Crippen LogP) is 3.53. The monoisotopic (exact) mass is 433 g/mol. The summed E-state index contributed by atoms with van der Waals surface area (Å²) >= 11 is 0. The Hall–Kier alpha value is -3.89. The van der Waals surface area contributed by atoms with E-state index in [9.17, 15) is 18.0 Å². The maximum atomic E-state index is 12.5. The van der Waals surface area contributed by atoms with E-state index in [0.717, 1.165) is 6.26 Å². The van der Waals surface area contributed by atoms with Crippen molar-refractivity contribution in [3.63, 3.8) is 0 Å². The first-order chi connectivity index (χ1) is 14.8. The lowest BCUT2D eigenvalue weighted by Crippen LogP contribution is -2.12. The van der Waals surface area contributed by atoms with Gasteiger partial charge in [-0.15, -0.1) is 0 Å². The lowest BCUT2D eigenvalue weighted by molar-refractivity contribution is 0.0600. The Labute approximate surface area is 180 Å². The molecule has 0 aliphatic carbocycles. The lowest BCUT2D eigenvalue weighted by atomic mass is 10.1. The molecule has 1 amide bonds. The van der Waals surface area contributed by atoms with Crippen LogP contribution in [0.4, 0.5) is 5.69 Å². The van der Waals surface area contributed by atoms with Crippen LogP contribution in [-0.2, 0) is 14.6 Å². The summed E-state index contributed by atoms with van der Waals surface area (Å²) in [6.07, 6.45) is 1.11. The summed E-state index contributed by atoms with van der Waals surface area (Å²) in [5.74, 6) is 5.19. The first-order valence-electron chi connectivity index (χ1n) is 9.18. The maximum Gasteiger partial charge on any atom is 0.337 e. The molecule has 0 bridgehead atoms. The maximum absolute atomic E-state index is 12.5. The van der Waals surface area contributed by atoms with Crippen LogP contribution in [0, 0.1) is 11.8 Å². The van der Waals surface area contributed by atoms with Crippen molar-refractivity contribution in [2.75, 3.05) is 18.7 Å². The number of sulfone groups is 1. The Bertz CT molecular complexity index is 1300. The van der Waals surface area contributed by atoms with Gasteiger partial charge >= 0.3 is 5.97 Å². The minimum Gasteiger partial charge on any atom is -0.465 e. The highest BCUT2D eigenvalue weighted by Gasteiger charge is 2.10. The smallest absolute Gasteiger partial charge is 0.337 e. The Morgan fingerprint density at radius 3 is 2.06 bits per heavy atom. The van der Waals surface area contributed by atoms with Gasteiger partial charge in [-0.05, 0) is 60.7 Å². The van der Waals surface area contributed by atoms with Crippen molar-refractivity contribution in [3.8, 4) is 11.8 Å². The zero-order chi connectivity index (χ0) is 22.4. The highest BCUT2D eigenvalue weighted by Crippen LogP contribution is 2.14. The molecule has 0 saturated carbocycles. The Balaban J connectivity index is 1.75. The number of hydrogen-bond acceptors (Lipinski definition) is 5. The number of hydrogen-bond donors (Lipinski definition) is 1. The Kier molecular flexibility index (Phi) is 6.53. The largest absolute Gasteiger partial charge is 0.465 e. The van der Waals surface area contributed by atoms with E-state index in [4.69, 9.17) is 4.74 Å². The van der Waals surface area contributed by atoms with E-state index >= 15 is 0 Å². The molecule has 0 aliphatic heterocycles. The van der Waals surface area contributed by atoms with E-state index in [2.05, 4.69) is 17.2 Å². The molecule has 0 saturated heterocycles. The van der Waals surface area contributed by atoms with Crippen LogP contribution in [0.2, 0.25) is 0 Å². The van der Waals surface area contributed by atoms with Gasteiger partial charge in [0.2, 0.25) is 0 Å². The van der Waals surface area contributed by atoms with Gasteiger partial charge in [-0.2, -0.15) is 0 Å². The van der Waals surface area contributed by atoms with Crippen molar-refractivity contribution in [1.82, 2.24) is 0 Å². The number of ether oxygens (including phenoxy) is 1. The predicted molar refractivity (Wildman–Crippen MR) is 118 cm³/mol. The zero-order valence-electron chi connectivity index (χ0n) is 16.9. The van der Waals surface area contributed by atoms with Crippen LogP contribution in [0.5, 0.6) is 0 Å². The minimum absolute atomic E-state index is 0.151. The summed E-state index contributed by atoms with van der Waals surface area (Å²) in [6.45, 7) is 0. The number of amides is 1. The summed E-state index contributed by atoms with van der Waals surface area (Å²) < 4.78 is 27.8. The third-order valence-corrected chi connectivity index (χ3v) is 5.43. The second-order valence-corrected chi connectivity index (χ2v) is 8.67. The fourth-order valence-electron chi connectivity index (χ4n) is 2.72. The van der Waals surface area contributed by atoms with Crippen LogP contribution in [0.3, 0.4) is 0 Å². The molecule has 7 heteroatoms. The summed E-state index contributed by atoms with van der Waals surface area (Å²) in [5.41, 5.74) is 2.63. The SMILES string of the molecule is COC(=O)c1cccc(C#Cc2cccc(NC(=O)c3ccc(S(C)(=O)=O)cc3)c2)c1. The molecule has 0 fully saturated rings. The van der Waals surface area contributed by atoms with Crippen LogP contribution in [-0.4, -0.2) is 33.7 Å². The summed E-state index contributed by atoms with van der Waals surface area (Å²) in [5, 5.41) is 2.77. The van der Waals surface area contributed by atoms with Crippen molar-refractivity contribution in [2.24, 2.45) is 0 Å². The lowest BCUT2D eigenvalue weighted by Gasteiger charge is -2.06. The number of esters is 1. The van der Waals surface area contributed by atoms with Gasteiger partial charge in [-0.1, -0.05) is 24.0 Å². The van der Waals surface area contributed by atoms with Crippen molar-refractivity contribution in [1.29, 1.82) is 0 Å². The Morgan fingerprint density at radius 2 is 1.45 bits per heavy atom. The van der Waals surface area contributed by atoms with E-state index in [0.29, 0.717) is 27.9 Å². The van der Waals surface area contributed by atoms with Gasteiger partial charge in [0.1, 0.15) is 0 Å². The molecule has 156 valence electrons. The number of carbonyl (C=O) groups is 2. The van der Waals surface area contributed by atoms with E-state index in [-0.39, 0.29) is 10.8 Å². The Morgan fingerprint density at radius 1 is 0.839 bits per heavy atom. The highest BCUT2D eigenvalue weighted by atomic mass is 32.2. The molecule has 0 atom stereocenters. The molecule has 3 rings (SSSR count). The van der Waals surface area contributed by atoms with Gasteiger partial charge < -0.3 is 10.1 Å². The van der Waals surface area contributed by atoms with Gasteiger partial charge in [-0.25, -0.2) is 13.2 Å². The third kappa shape index (κ3) is 5.81. The number of benzene rings is 3. The number of nitrogens with one attached hydrogen (secondary N) is 1. The zero-order valence-corrected chi connectivity index (χ0v) is 17.7. The number of methoxy groups -OCH3 is 1. The molecule has 0 unspecified atom stereocenters. The minimum atomic E-state index is -3.32. The molecule has 6 nitrogen and oxygen atoms in total. The van der Waals surface area contributed by atoms with E-state index < -0.39 is 15.8 Å². The van der Waals surface area contributed by atoms with Gasteiger partial charge in [0.05, 0.1) is 17.6 Å². The summed E-state index contributed by atoms with van der Waals surface area (Å²) in [7, 11) is -2.00. The standard InChI is InChI=1S/C24H19NO5S/c1-30-24(27)20-7-3-5-17(15-20)9-10-18-6-4-8-21(16-18)25-23(26)19-11-13-22(14-12-19)31(2,28)29/h3-8,11-16H,1-2H3,(H,25,26). The second-order valence-electron chi connectivity index (χ2n) is 6.65. The molecule has 3 aromatic carbocycles. The van der Waals surface area contributed by atoms with Crippen LogP contribution >= 0.6 is 0 Å². The van der Waals surface area contributed by atoms with E-state index in [1.54, 1.807) is 48.5 Å². The molecule has 0 spiro atoms. The third-order valence-electron chi connectivity index (χ3n) is 4.30. The fraction of sp³-hybridized carbons (Fsp3) is 0.0833. The molecule has 0 heterocycles. The van der Waals surface area contributed by atoms with Crippen molar-refractivity contribution in [2.45, 2.75) is 4.90 Å². The van der Waals surface area contributed by atoms with Crippen molar-refractivity contribution < 1.29 is 22.7 Å². The number of anilines is 1. The van der Waals surface area contributed by atoms with Gasteiger partial charge in [-0.3, -0.25) is 4.79 Å². The van der Waals surface area contributed by atoms with Crippen LogP contribution < -0.4 is 5.32 Å². The van der Waals surface area contributed by atoms with E-state index in [1.165, 1.54) is 31.4 Å². The average molecular weight is 433 g/mol. The first kappa shape index (κ1) is 21.8.